The fourth-order valence-corrected chi connectivity index (χ4v) is 3.96. The average molecular weight is 758 g/mol. The molecule has 15 nitrogen and oxygen atoms in total. The van der Waals surface area contributed by atoms with Crippen LogP contribution in [0.25, 0.3) is 0 Å². The summed E-state index contributed by atoms with van der Waals surface area (Å²) in [5.74, 6) is 0. The third-order valence-corrected chi connectivity index (χ3v) is 6.76. The zero-order chi connectivity index (χ0) is 38.1. The van der Waals surface area contributed by atoms with Crippen molar-refractivity contribution >= 4 is 6.09 Å². The lowest BCUT2D eigenvalue weighted by Gasteiger charge is -2.24. The van der Waals surface area contributed by atoms with Gasteiger partial charge in [0.2, 0.25) is 0 Å². The molecule has 52 heavy (non-hydrogen) atoms. The minimum atomic E-state index is -0.510. The van der Waals surface area contributed by atoms with Gasteiger partial charge in [-0.05, 0) is 27.2 Å². The van der Waals surface area contributed by atoms with Crippen LogP contribution in [0.2, 0.25) is 0 Å². The summed E-state index contributed by atoms with van der Waals surface area (Å²) >= 11 is 0. The van der Waals surface area contributed by atoms with E-state index in [9.17, 15) is 4.79 Å². The SMILES string of the molecule is CCCCCCCOCCOCCOCCOCCOCCOCCOCCOCCOCCOCCOCCOCCN(C)C(=O)OC(C)(C)C. The number of likely N-dealkylation sites (N-methyl/N-ethyl adjacent to an activating group) is 1. The zero-order valence-electron chi connectivity index (χ0n) is 33.4. The highest BCUT2D eigenvalue weighted by Gasteiger charge is 2.19. The fourth-order valence-electron chi connectivity index (χ4n) is 3.96. The van der Waals surface area contributed by atoms with Gasteiger partial charge in [0.1, 0.15) is 5.60 Å². The van der Waals surface area contributed by atoms with E-state index in [1.54, 1.807) is 7.05 Å². The summed E-state index contributed by atoms with van der Waals surface area (Å²) in [6.45, 7) is 20.7. The Morgan fingerprint density at radius 2 is 0.635 bits per heavy atom. The number of rotatable bonds is 42. The van der Waals surface area contributed by atoms with Crippen molar-refractivity contribution in [3.63, 3.8) is 0 Å². The quantitative estimate of drug-likeness (QED) is 0.0828. The number of amides is 1. The molecular formula is C37H75NO14. The number of hydrogen-bond donors (Lipinski definition) is 0. The molecule has 0 saturated heterocycles. The molecule has 0 aromatic heterocycles. The predicted octanol–water partition coefficient (Wildman–Crippen LogP) is 4.02. The molecule has 1 amide bonds. The molecule has 0 aliphatic heterocycles. The minimum Gasteiger partial charge on any atom is -0.444 e. The molecule has 0 fully saturated rings. The topological polar surface area (TPSA) is 140 Å². The second-order valence-corrected chi connectivity index (χ2v) is 12.7. The lowest BCUT2D eigenvalue weighted by Crippen LogP contribution is -2.36. The van der Waals surface area contributed by atoms with Crippen molar-refractivity contribution in [3.8, 4) is 0 Å². The number of ether oxygens (including phenoxy) is 13. The molecule has 0 radical (unpaired) electrons. The smallest absolute Gasteiger partial charge is 0.410 e. The normalized spacial score (nSPS) is 11.8. The Kier molecular flexibility index (Phi) is 40.0. The van der Waals surface area contributed by atoms with Gasteiger partial charge < -0.3 is 66.5 Å². The van der Waals surface area contributed by atoms with Crippen molar-refractivity contribution < 1.29 is 66.4 Å². The van der Waals surface area contributed by atoms with Crippen LogP contribution < -0.4 is 0 Å². The number of carbonyl (C=O) groups is 1. The van der Waals surface area contributed by atoms with Crippen molar-refractivity contribution in [2.75, 3.05) is 172 Å². The van der Waals surface area contributed by atoms with Gasteiger partial charge in [-0.25, -0.2) is 4.79 Å². The summed E-state index contributed by atoms with van der Waals surface area (Å²) in [6.07, 6.45) is 5.90. The Balaban J connectivity index is 3.13. The van der Waals surface area contributed by atoms with Gasteiger partial charge in [0.15, 0.2) is 0 Å². The van der Waals surface area contributed by atoms with Crippen LogP contribution in [0.4, 0.5) is 4.79 Å². The van der Waals surface area contributed by atoms with E-state index >= 15 is 0 Å². The van der Waals surface area contributed by atoms with Gasteiger partial charge in [-0.3, -0.25) is 0 Å². The van der Waals surface area contributed by atoms with Crippen LogP contribution >= 0.6 is 0 Å². The first-order valence-corrected chi connectivity index (χ1v) is 19.2. The van der Waals surface area contributed by atoms with E-state index in [0.29, 0.717) is 159 Å². The third kappa shape index (κ3) is 43.2. The van der Waals surface area contributed by atoms with E-state index in [0.717, 1.165) is 13.0 Å². The standard InChI is InChI=1S/C37H75NO14/c1-6-7-8-9-10-12-40-14-16-42-18-20-44-22-24-46-26-28-48-30-32-50-34-35-51-33-31-49-29-27-47-25-23-45-21-19-43-17-15-41-13-11-38(5)36(39)52-37(2,3)4/h6-35H2,1-5H3. The van der Waals surface area contributed by atoms with Crippen molar-refractivity contribution in [2.45, 2.75) is 65.4 Å². The molecule has 0 heterocycles. The van der Waals surface area contributed by atoms with Crippen LogP contribution in [0, 0.1) is 0 Å². The maximum atomic E-state index is 11.9. The van der Waals surface area contributed by atoms with Gasteiger partial charge in [0, 0.05) is 20.2 Å². The minimum absolute atomic E-state index is 0.364. The Bertz CT molecular complexity index is 716. The molecular weight excluding hydrogens is 682 g/mol. The first-order valence-electron chi connectivity index (χ1n) is 19.2. The molecule has 0 aromatic carbocycles. The van der Waals surface area contributed by atoms with Gasteiger partial charge in [0.25, 0.3) is 0 Å². The van der Waals surface area contributed by atoms with E-state index in [1.165, 1.54) is 30.6 Å². The summed E-state index contributed by atoms with van der Waals surface area (Å²) in [6, 6.07) is 0. The highest BCUT2D eigenvalue weighted by atomic mass is 16.6. The number of nitrogens with zero attached hydrogens (tertiary/aromatic N) is 1. The summed E-state index contributed by atoms with van der Waals surface area (Å²) < 4.78 is 71.3. The van der Waals surface area contributed by atoms with Gasteiger partial charge in [0.05, 0.1) is 152 Å². The molecule has 0 spiro atoms. The van der Waals surface area contributed by atoms with Gasteiger partial charge in [-0.15, -0.1) is 0 Å². The highest BCUT2D eigenvalue weighted by Crippen LogP contribution is 2.08. The lowest BCUT2D eigenvalue weighted by atomic mass is 10.2. The monoisotopic (exact) mass is 758 g/mol. The fraction of sp³-hybridized carbons (Fsp3) is 0.973. The largest absolute Gasteiger partial charge is 0.444 e. The predicted molar refractivity (Wildman–Crippen MR) is 197 cm³/mol. The van der Waals surface area contributed by atoms with E-state index < -0.39 is 5.60 Å². The van der Waals surface area contributed by atoms with Crippen LogP contribution in [0.1, 0.15) is 59.8 Å². The van der Waals surface area contributed by atoms with Crippen LogP contribution in [0.5, 0.6) is 0 Å². The van der Waals surface area contributed by atoms with E-state index in [1.807, 2.05) is 20.8 Å². The molecule has 0 rings (SSSR count). The van der Waals surface area contributed by atoms with Crippen molar-refractivity contribution in [3.05, 3.63) is 0 Å². The molecule has 0 saturated carbocycles. The first kappa shape index (κ1) is 50.8. The molecule has 0 atom stereocenters. The summed E-state index contributed by atoms with van der Waals surface area (Å²) in [7, 11) is 1.68. The summed E-state index contributed by atoms with van der Waals surface area (Å²) in [4.78, 5) is 13.4. The first-order chi connectivity index (χ1) is 25.4. The van der Waals surface area contributed by atoms with Crippen molar-refractivity contribution in [2.24, 2.45) is 0 Å². The number of unbranched alkanes of at least 4 members (excludes halogenated alkanes) is 4. The number of carbonyl (C=O) groups excluding carboxylic acids is 1. The molecule has 0 aromatic rings. The van der Waals surface area contributed by atoms with Gasteiger partial charge in [-0.1, -0.05) is 32.6 Å². The van der Waals surface area contributed by atoms with E-state index in [2.05, 4.69) is 6.92 Å². The molecule has 312 valence electrons. The molecule has 0 aliphatic rings. The zero-order valence-corrected chi connectivity index (χ0v) is 33.4. The van der Waals surface area contributed by atoms with Crippen molar-refractivity contribution in [1.82, 2.24) is 4.90 Å². The molecule has 0 aliphatic carbocycles. The second kappa shape index (κ2) is 41.0. The number of hydrogen-bond acceptors (Lipinski definition) is 14. The summed E-state index contributed by atoms with van der Waals surface area (Å²) in [5, 5.41) is 0. The lowest BCUT2D eigenvalue weighted by molar-refractivity contribution is -0.0285. The molecule has 0 N–H and O–H groups in total. The Morgan fingerprint density at radius 1 is 0.385 bits per heavy atom. The van der Waals surface area contributed by atoms with Crippen LogP contribution in [0.15, 0.2) is 0 Å². The Morgan fingerprint density at radius 3 is 0.904 bits per heavy atom. The van der Waals surface area contributed by atoms with Crippen molar-refractivity contribution in [1.29, 1.82) is 0 Å². The summed E-state index contributed by atoms with van der Waals surface area (Å²) in [5.41, 5.74) is -0.510. The van der Waals surface area contributed by atoms with Crippen LogP contribution in [0.3, 0.4) is 0 Å². The average Bonchev–Trinajstić information content (AvgIpc) is 3.11. The maximum absolute atomic E-state index is 11.9. The van der Waals surface area contributed by atoms with Gasteiger partial charge >= 0.3 is 6.09 Å². The van der Waals surface area contributed by atoms with Crippen LogP contribution in [-0.2, 0) is 61.6 Å². The Hall–Kier alpha value is -1.21. The maximum Gasteiger partial charge on any atom is 0.410 e. The van der Waals surface area contributed by atoms with Crippen LogP contribution in [-0.4, -0.2) is 189 Å². The molecule has 0 unspecified atom stereocenters. The van der Waals surface area contributed by atoms with Gasteiger partial charge in [-0.2, -0.15) is 0 Å². The molecule has 0 bridgehead atoms. The van der Waals surface area contributed by atoms with E-state index in [-0.39, 0.29) is 6.09 Å². The second-order valence-electron chi connectivity index (χ2n) is 12.7. The van der Waals surface area contributed by atoms with E-state index in [4.69, 9.17) is 61.6 Å². The third-order valence-electron chi connectivity index (χ3n) is 6.76. The molecule has 15 heteroatoms. The highest BCUT2D eigenvalue weighted by molar-refractivity contribution is 5.67. The Labute approximate surface area is 314 Å².